The van der Waals surface area contributed by atoms with Crippen LogP contribution in [0.25, 0.3) is 0 Å². The van der Waals surface area contributed by atoms with Gasteiger partial charge in [0.15, 0.2) is 5.96 Å². The molecule has 0 spiro atoms. The Morgan fingerprint density at radius 1 is 1.03 bits per heavy atom. The quantitative estimate of drug-likeness (QED) is 0.333. The van der Waals surface area contributed by atoms with E-state index >= 15 is 0 Å². The summed E-state index contributed by atoms with van der Waals surface area (Å²) in [4.78, 5) is 16.5. The molecule has 0 aliphatic rings. The molecule has 0 atom stereocenters. The largest absolute Gasteiger partial charge is 0.357 e. The molecule has 3 aromatic rings. The summed E-state index contributed by atoms with van der Waals surface area (Å²) in [5, 5.41) is 10.8. The number of guanidine groups is 1. The molecule has 0 amide bonds. The number of benzene rings is 1. The Labute approximate surface area is 171 Å². The van der Waals surface area contributed by atoms with Gasteiger partial charge >= 0.3 is 0 Å². The first-order valence-electron chi connectivity index (χ1n) is 9.97. The SMILES string of the molecule is CCNC(=NCc1ccc(Cn2ccccc2=O)cc1)NCCCn1cccn1. The third kappa shape index (κ3) is 6.64. The average molecular weight is 393 g/mol. The highest BCUT2D eigenvalue weighted by molar-refractivity contribution is 5.79. The number of nitrogens with zero attached hydrogens (tertiary/aromatic N) is 4. The van der Waals surface area contributed by atoms with Gasteiger partial charge in [-0.05, 0) is 36.6 Å². The maximum atomic E-state index is 11.8. The highest BCUT2D eigenvalue weighted by Crippen LogP contribution is 2.07. The molecule has 152 valence electrons. The smallest absolute Gasteiger partial charge is 0.250 e. The van der Waals surface area contributed by atoms with Crippen LogP contribution < -0.4 is 16.2 Å². The Hall–Kier alpha value is -3.35. The van der Waals surface area contributed by atoms with Crippen molar-refractivity contribution in [3.63, 3.8) is 0 Å². The predicted molar refractivity (Wildman–Crippen MR) is 116 cm³/mol. The molecule has 29 heavy (non-hydrogen) atoms. The fourth-order valence-corrected chi connectivity index (χ4v) is 2.93. The summed E-state index contributed by atoms with van der Waals surface area (Å²) in [7, 11) is 0. The maximum absolute atomic E-state index is 11.8. The van der Waals surface area contributed by atoms with Crippen molar-refractivity contribution in [1.29, 1.82) is 0 Å². The van der Waals surface area contributed by atoms with Crippen LogP contribution in [-0.4, -0.2) is 33.4 Å². The van der Waals surface area contributed by atoms with Crippen LogP contribution in [0.1, 0.15) is 24.5 Å². The topological polar surface area (TPSA) is 76.2 Å². The third-order valence-corrected chi connectivity index (χ3v) is 4.45. The minimum Gasteiger partial charge on any atom is -0.357 e. The first-order valence-corrected chi connectivity index (χ1v) is 9.97. The van der Waals surface area contributed by atoms with Gasteiger partial charge in [0.05, 0.1) is 13.1 Å². The molecular weight excluding hydrogens is 364 g/mol. The molecule has 7 heteroatoms. The molecule has 0 bridgehead atoms. The highest BCUT2D eigenvalue weighted by atomic mass is 16.1. The Morgan fingerprint density at radius 2 is 1.86 bits per heavy atom. The molecule has 0 saturated carbocycles. The van der Waals surface area contributed by atoms with E-state index in [1.54, 1.807) is 29.1 Å². The van der Waals surface area contributed by atoms with E-state index in [-0.39, 0.29) is 5.56 Å². The normalized spacial score (nSPS) is 11.4. The second-order valence-electron chi connectivity index (χ2n) is 6.73. The zero-order valence-corrected chi connectivity index (χ0v) is 16.8. The number of aliphatic imine (C=N–C) groups is 1. The van der Waals surface area contributed by atoms with Crippen molar-refractivity contribution < 1.29 is 0 Å². The summed E-state index contributed by atoms with van der Waals surface area (Å²) < 4.78 is 3.63. The van der Waals surface area contributed by atoms with E-state index in [1.165, 1.54) is 0 Å². The van der Waals surface area contributed by atoms with Crippen molar-refractivity contribution in [2.75, 3.05) is 13.1 Å². The van der Waals surface area contributed by atoms with Crippen molar-refractivity contribution in [2.24, 2.45) is 4.99 Å². The summed E-state index contributed by atoms with van der Waals surface area (Å²) in [6.45, 7) is 5.75. The number of aromatic nitrogens is 3. The monoisotopic (exact) mass is 392 g/mol. The number of pyridine rings is 1. The van der Waals surface area contributed by atoms with Crippen LogP contribution in [0, 0.1) is 0 Å². The van der Waals surface area contributed by atoms with Crippen molar-refractivity contribution >= 4 is 5.96 Å². The molecule has 2 N–H and O–H groups in total. The van der Waals surface area contributed by atoms with Gasteiger partial charge in [0.1, 0.15) is 0 Å². The summed E-state index contributed by atoms with van der Waals surface area (Å²) in [6.07, 6.45) is 6.54. The lowest BCUT2D eigenvalue weighted by Gasteiger charge is -2.11. The lowest BCUT2D eigenvalue weighted by atomic mass is 10.1. The Bertz CT molecular complexity index is 944. The minimum atomic E-state index is 0.00934. The minimum absolute atomic E-state index is 0.00934. The lowest BCUT2D eigenvalue weighted by Crippen LogP contribution is -2.38. The lowest BCUT2D eigenvalue weighted by molar-refractivity contribution is 0.570. The Balaban J connectivity index is 1.50. The third-order valence-electron chi connectivity index (χ3n) is 4.45. The van der Waals surface area contributed by atoms with Gasteiger partial charge in [0.2, 0.25) is 0 Å². The van der Waals surface area contributed by atoms with Gasteiger partial charge < -0.3 is 15.2 Å². The van der Waals surface area contributed by atoms with E-state index in [9.17, 15) is 4.79 Å². The number of hydrogen-bond acceptors (Lipinski definition) is 3. The van der Waals surface area contributed by atoms with E-state index in [0.717, 1.165) is 43.1 Å². The standard InChI is InChI=1S/C22H28N6O/c1-2-23-22(24-12-5-15-28-16-6-13-26-28)25-17-19-8-10-20(11-9-19)18-27-14-4-3-7-21(27)29/h3-4,6-11,13-14,16H,2,5,12,15,17-18H2,1H3,(H2,23,24,25). The van der Waals surface area contributed by atoms with Crippen molar-refractivity contribution in [1.82, 2.24) is 25.0 Å². The number of rotatable bonds is 9. The number of aryl methyl sites for hydroxylation is 1. The molecule has 7 nitrogen and oxygen atoms in total. The van der Waals surface area contributed by atoms with E-state index in [2.05, 4.69) is 51.9 Å². The van der Waals surface area contributed by atoms with Crippen LogP contribution in [0.2, 0.25) is 0 Å². The van der Waals surface area contributed by atoms with Crippen molar-refractivity contribution in [3.05, 3.63) is 88.6 Å². The van der Waals surface area contributed by atoms with Gasteiger partial charge in [-0.2, -0.15) is 5.10 Å². The molecule has 0 aliphatic heterocycles. The Kier molecular flexibility index (Phi) is 7.63. The predicted octanol–water partition coefficient (Wildman–Crippen LogP) is 2.24. The van der Waals surface area contributed by atoms with E-state index in [4.69, 9.17) is 0 Å². The fourth-order valence-electron chi connectivity index (χ4n) is 2.93. The molecule has 0 saturated heterocycles. The van der Waals surface area contributed by atoms with E-state index in [0.29, 0.717) is 13.1 Å². The summed E-state index contributed by atoms with van der Waals surface area (Å²) in [5.74, 6) is 0.813. The van der Waals surface area contributed by atoms with Gasteiger partial charge in [-0.3, -0.25) is 9.48 Å². The molecule has 3 rings (SSSR count). The molecule has 2 aromatic heterocycles. The van der Waals surface area contributed by atoms with Gasteiger partial charge in [0.25, 0.3) is 5.56 Å². The van der Waals surface area contributed by atoms with Crippen LogP contribution in [-0.2, 0) is 19.6 Å². The average Bonchev–Trinajstić information content (AvgIpc) is 3.25. The van der Waals surface area contributed by atoms with Crippen LogP contribution >= 0.6 is 0 Å². The molecule has 0 aliphatic carbocycles. The Morgan fingerprint density at radius 3 is 2.59 bits per heavy atom. The van der Waals surface area contributed by atoms with Gasteiger partial charge in [-0.25, -0.2) is 4.99 Å². The van der Waals surface area contributed by atoms with Crippen molar-refractivity contribution in [3.8, 4) is 0 Å². The highest BCUT2D eigenvalue weighted by Gasteiger charge is 2.00. The van der Waals surface area contributed by atoms with E-state index < -0.39 is 0 Å². The molecule has 2 heterocycles. The maximum Gasteiger partial charge on any atom is 0.250 e. The summed E-state index contributed by atoms with van der Waals surface area (Å²) in [5.41, 5.74) is 2.23. The van der Waals surface area contributed by atoms with Gasteiger partial charge in [0, 0.05) is 44.3 Å². The molecule has 0 fully saturated rings. The first kappa shape index (κ1) is 20.4. The van der Waals surface area contributed by atoms with Crippen LogP contribution in [0.15, 0.2) is 76.9 Å². The van der Waals surface area contributed by atoms with Gasteiger partial charge in [-0.15, -0.1) is 0 Å². The number of nitrogens with one attached hydrogen (secondary N) is 2. The second kappa shape index (κ2) is 10.8. The van der Waals surface area contributed by atoms with Crippen LogP contribution in [0.5, 0.6) is 0 Å². The zero-order chi connectivity index (χ0) is 20.3. The van der Waals surface area contributed by atoms with Gasteiger partial charge in [-0.1, -0.05) is 30.3 Å². The first-order chi connectivity index (χ1) is 14.2. The molecular formula is C22H28N6O. The molecule has 0 radical (unpaired) electrons. The van der Waals surface area contributed by atoms with Crippen molar-refractivity contribution in [2.45, 2.75) is 33.0 Å². The number of hydrogen-bond donors (Lipinski definition) is 2. The molecule has 0 unspecified atom stereocenters. The van der Waals surface area contributed by atoms with Crippen LogP contribution in [0.3, 0.4) is 0 Å². The second-order valence-corrected chi connectivity index (χ2v) is 6.73. The zero-order valence-electron chi connectivity index (χ0n) is 16.8. The fraction of sp³-hybridized carbons (Fsp3) is 0.318. The summed E-state index contributed by atoms with van der Waals surface area (Å²) >= 11 is 0. The summed E-state index contributed by atoms with van der Waals surface area (Å²) in [6, 6.07) is 15.4. The van der Waals surface area contributed by atoms with Crippen LogP contribution in [0.4, 0.5) is 0 Å². The molecule has 1 aromatic carbocycles. The van der Waals surface area contributed by atoms with E-state index in [1.807, 2.05) is 23.0 Å².